The van der Waals surface area contributed by atoms with Gasteiger partial charge in [0, 0.05) is 36.3 Å². The number of hydrogen-bond donors (Lipinski definition) is 1. The molecule has 2 unspecified atom stereocenters. The van der Waals surface area contributed by atoms with E-state index < -0.39 is 0 Å². The maximum Gasteiger partial charge on any atom is 0.254 e. The number of piperidine rings is 1. The zero-order chi connectivity index (χ0) is 16.2. The van der Waals surface area contributed by atoms with Crippen molar-refractivity contribution in [3.63, 3.8) is 0 Å². The monoisotopic (exact) mass is 306 g/mol. The Morgan fingerprint density at radius 2 is 2.36 bits per heavy atom. The highest BCUT2D eigenvalue weighted by Gasteiger charge is 2.33. The number of hydrogen-bond acceptors (Lipinski definition) is 4. The number of rotatable bonds is 5. The third kappa shape index (κ3) is 3.97. The van der Waals surface area contributed by atoms with Crippen molar-refractivity contribution in [2.75, 3.05) is 19.7 Å². The molecule has 0 spiro atoms. The summed E-state index contributed by atoms with van der Waals surface area (Å²) in [6, 6.07) is 3.43. The summed E-state index contributed by atoms with van der Waals surface area (Å²) >= 11 is 0. The number of aliphatic hydroxyl groups excluding tert-OH is 1. The lowest BCUT2D eigenvalue weighted by molar-refractivity contribution is 0.0357. The SMILES string of the molecule is CCC(C)Oc1cc(C(=O)N2CCCC(C)(CO)C2)ccn1. The number of carbonyl (C=O) groups is 1. The van der Waals surface area contributed by atoms with Crippen molar-refractivity contribution in [2.24, 2.45) is 5.41 Å². The Kier molecular flexibility index (Phi) is 5.40. The van der Waals surface area contributed by atoms with Gasteiger partial charge in [0.05, 0.1) is 12.7 Å². The zero-order valence-electron chi connectivity index (χ0n) is 13.7. The summed E-state index contributed by atoms with van der Waals surface area (Å²) in [5.41, 5.74) is 0.396. The van der Waals surface area contributed by atoms with E-state index in [0.717, 1.165) is 25.8 Å². The Morgan fingerprint density at radius 1 is 1.59 bits per heavy atom. The summed E-state index contributed by atoms with van der Waals surface area (Å²) in [5, 5.41) is 9.52. The van der Waals surface area contributed by atoms with Gasteiger partial charge >= 0.3 is 0 Å². The molecular formula is C17H26N2O3. The van der Waals surface area contributed by atoms with E-state index >= 15 is 0 Å². The van der Waals surface area contributed by atoms with E-state index in [2.05, 4.69) is 4.98 Å². The van der Waals surface area contributed by atoms with E-state index in [1.165, 1.54) is 0 Å². The summed E-state index contributed by atoms with van der Waals surface area (Å²) in [6.07, 6.45) is 4.45. The number of amides is 1. The van der Waals surface area contributed by atoms with E-state index in [-0.39, 0.29) is 24.0 Å². The summed E-state index contributed by atoms with van der Waals surface area (Å²) < 4.78 is 5.68. The highest BCUT2D eigenvalue weighted by Crippen LogP contribution is 2.29. The van der Waals surface area contributed by atoms with Crippen molar-refractivity contribution in [3.05, 3.63) is 23.9 Å². The molecule has 22 heavy (non-hydrogen) atoms. The third-order valence-electron chi connectivity index (χ3n) is 4.33. The maximum atomic E-state index is 12.7. The number of aromatic nitrogens is 1. The van der Waals surface area contributed by atoms with Crippen LogP contribution in [-0.2, 0) is 0 Å². The van der Waals surface area contributed by atoms with Crippen LogP contribution in [0.2, 0.25) is 0 Å². The molecule has 1 saturated heterocycles. The molecule has 0 saturated carbocycles. The van der Waals surface area contributed by atoms with Gasteiger partial charge in [-0.05, 0) is 32.3 Å². The van der Waals surface area contributed by atoms with Crippen LogP contribution in [0, 0.1) is 5.41 Å². The molecular weight excluding hydrogens is 280 g/mol. The van der Waals surface area contributed by atoms with Gasteiger partial charge in [0.2, 0.25) is 5.88 Å². The Morgan fingerprint density at radius 3 is 3.05 bits per heavy atom. The molecule has 5 nitrogen and oxygen atoms in total. The van der Waals surface area contributed by atoms with Crippen LogP contribution in [0.4, 0.5) is 0 Å². The van der Waals surface area contributed by atoms with Crippen LogP contribution >= 0.6 is 0 Å². The van der Waals surface area contributed by atoms with Gasteiger partial charge in [0.25, 0.3) is 5.91 Å². The summed E-state index contributed by atoms with van der Waals surface area (Å²) in [4.78, 5) is 18.7. The van der Waals surface area contributed by atoms with Gasteiger partial charge in [0.1, 0.15) is 0 Å². The van der Waals surface area contributed by atoms with Crippen LogP contribution in [-0.4, -0.2) is 46.7 Å². The van der Waals surface area contributed by atoms with E-state index in [4.69, 9.17) is 4.74 Å². The Bertz CT molecular complexity index is 520. The molecule has 0 bridgehead atoms. The lowest BCUT2D eigenvalue weighted by Crippen LogP contribution is -2.46. The lowest BCUT2D eigenvalue weighted by atomic mass is 9.82. The average Bonchev–Trinajstić information content (AvgIpc) is 2.54. The van der Waals surface area contributed by atoms with Gasteiger partial charge < -0.3 is 14.7 Å². The number of pyridine rings is 1. The fourth-order valence-corrected chi connectivity index (χ4v) is 2.70. The van der Waals surface area contributed by atoms with E-state index in [0.29, 0.717) is 18.0 Å². The van der Waals surface area contributed by atoms with E-state index in [1.54, 1.807) is 18.3 Å². The molecule has 2 rings (SSSR count). The Balaban J connectivity index is 2.10. The second kappa shape index (κ2) is 7.09. The smallest absolute Gasteiger partial charge is 0.254 e. The fourth-order valence-electron chi connectivity index (χ4n) is 2.70. The molecule has 1 fully saturated rings. The van der Waals surface area contributed by atoms with Crippen LogP contribution in [0.3, 0.4) is 0 Å². The molecule has 0 aromatic carbocycles. The minimum Gasteiger partial charge on any atom is -0.475 e. The molecule has 1 aromatic rings. The highest BCUT2D eigenvalue weighted by atomic mass is 16.5. The molecule has 0 aliphatic carbocycles. The molecule has 2 heterocycles. The molecule has 5 heteroatoms. The number of ether oxygens (including phenoxy) is 1. The quantitative estimate of drug-likeness (QED) is 0.908. The third-order valence-corrected chi connectivity index (χ3v) is 4.33. The molecule has 0 radical (unpaired) electrons. The standard InChI is InChI=1S/C17H26N2O3/c1-4-13(2)22-15-10-14(6-8-18-15)16(21)19-9-5-7-17(3,11-19)12-20/h6,8,10,13,20H,4-5,7,9,11-12H2,1-3H3. The number of carbonyl (C=O) groups excluding carboxylic acids is 1. The van der Waals surface area contributed by atoms with Crippen LogP contribution in [0.25, 0.3) is 0 Å². The fraction of sp³-hybridized carbons (Fsp3) is 0.647. The molecule has 1 amide bonds. The van der Waals surface area contributed by atoms with Gasteiger partial charge in [-0.15, -0.1) is 0 Å². The summed E-state index contributed by atoms with van der Waals surface area (Å²) in [5.74, 6) is 0.470. The van der Waals surface area contributed by atoms with Crippen molar-refractivity contribution in [3.8, 4) is 5.88 Å². The number of likely N-dealkylation sites (tertiary alicyclic amines) is 1. The van der Waals surface area contributed by atoms with Gasteiger partial charge in [-0.3, -0.25) is 4.79 Å². The molecule has 1 N–H and O–H groups in total. The Labute approximate surface area is 132 Å². The first-order valence-corrected chi connectivity index (χ1v) is 8.00. The van der Waals surface area contributed by atoms with Crippen LogP contribution in [0.15, 0.2) is 18.3 Å². The van der Waals surface area contributed by atoms with Crippen molar-refractivity contribution in [2.45, 2.75) is 46.1 Å². The first kappa shape index (κ1) is 16.7. The summed E-state index contributed by atoms with van der Waals surface area (Å²) in [6.45, 7) is 7.48. The van der Waals surface area contributed by atoms with Crippen LogP contribution in [0.5, 0.6) is 5.88 Å². The normalized spacial score (nSPS) is 23.2. The average molecular weight is 306 g/mol. The number of aliphatic hydroxyl groups is 1. The largest absolute Gasteiger partial charge is 0.475 e. The lowest BCUT2D eigenvalue weighted by Gasteiger charge is -2.39. The topological polar surface area (TPSA) is 62.7 Å². The van der Waals surface area contributed by atoms with Crippen molar-refractivity contribution >= 4 is 5.91 Å². The first-order chi connectivity index (χ1) is 10.5. The van der Waals surface area contributed by atoms with Gasteiger partial charge in [-0.25, -0.2) is 4.98 Å². The van der Waals surface area contributed by atoms with Gasteiger partial charge in [-0.2, -0.15) is 0 Å². The van der Waals surface area contributed by atoms with Gasteiger partial charge in [0.15, 0.2) is 0 Å². The Hall–Kier alpha value is -1.62. The van der Waals surface area contributed by atoms with E-state index in [1.807, 2.05) is 25.7 Å². The van der Waals surface area contributed by atoms with E-state index in [9.17, 15) is 9.90 Å². The molecule has 2 atom stereocenters. The predicted octanol–water partition coefficient (Wildman–Crippen LogP) is 2.49. The first-order valence-electron chi connectivity index (χ1n) is 8.00. The van der Waals surface area contributed by atoms with Crippen LogP contribution in [0.1, 0.15) is 50.4 Å². The minimum atomic E-state index is -0.197. The maximum absolute atomic E-state index is 12.7. The minimum absolute atomic E-state index is 0.0178. The van der Waals surface area contributed by atoms with Crippen LogP contribution < -0.4 is 4.74 Å². The molecule has 122 valence electrons. The zero-order valence-corrected chi connectivity index (χ0v) is 13.7. The summed E-state index contributed by atoms with van der Waals surface area (Å²) in [7, 11) is 0. The van der Waals surface area contributed by atoms with Crippen molar-refractivity contribution < 1.29 is 14.6 Å². The predicted molar refractivity (Wildman–Crippen MR) is 84.9 cm³/mol. The van der Waals surface area contributed by atoms with Crippen molar-refractivity contribution in [1.29, 1.82) is 0 Å². The van der Waals surface area contributed by atoms with Crippen molar-refractivity contribution in [1.82, 2.24) is 9.88 Å². The molecule has 1 aliphatic rings. The highest BCUT2D eigenvalue weighted by molar-refractivity contribution is 5.94. The van der Waals surface area contributed by atoms with Gasteiger partial charge in [-0.1, -0.05) is 13.8 Å². The second-order valence-electron chi connectivity index (χ2n) is 6.52. The molecule has 1 aromatic heterocycles. The molecule has 1 aliphatic heterocycles. The second-order valence-corrected chi connectivity index (χ2v) is 6.52. The number of nitrogens with zero attached hydrogens (tertiary/aromatic N) is 2.